The molecule has 6 nitrogen and oxygen atoms in total. The number of benzene rings is 1. The van der Waals surface area contributed by atoms with Crippen LogP contribution < -0.4 is 20.1 Å². The van der Waals surface area contributed by atoms with Gasteiger partial charge in [-0.05, 0) is 45.4 Å². The maximum absolute atomic E-state index is 5.54. The average Bonchev–Trinajstić information content (AvgIpc) is 2.58. The lowest BCUT2D eigenvalue weighted by molar-refractivity contribution is 0.0268. The van der Waals surface area contributed by atoms with Crippen molar-refractivity contribution in [3.8, 4) is 11.5 Å². The molecular weight excluding hydrogens is 306 g/mol. The number of methoxy groups -OCH3 is 2. The highest BCUT2D eigenvalue weighted by molar-refractivity contribution is 5.79. The van der Waals surface area contributed by atoms with Gasteiger partial charge in [0.05, 0.1) is 25.9 Å². The molecule has 0 aromatic heterocycles. The monoisotopic (exact) mass is 337 g/mol. The van der Waals surface area contributed by atoms with Gasteiger partial charge in [0.25, 0.3) is 0 Å². The van der Waals surface area contributed by atoms with Crippen LogP contribution in [0, 0.1) is 0 Å². The van der Waals surface area contributed by atoms with Crippen LogP contribution in [0.1, 0.15) is 33.3 Å². The fourth-order valence-corrected chi connectivity index (χ4v) is 1.97. The zero-order valence-electron chi connectivity index (χ0n) is 15.7. The number of rotatable bonds is 9. The van der Waals surface area contributed by atoms with Crippen molar-refractivity contribution in [2.75, 3.05) is 33.9 Å². The smallest absolute Gasteiger partial charge is 0.191 e. The van der Waals surface area contributed by atoms with Crippen LogP contribution >= 0.6 is 0 Å². The summed E-state index contributed by atoms with van der Waals surface area (Å²) in [5.41, 5.74) is 0.803. The third-order valence-electron chi connectivity index (χ3n) is 3.53. The molecule has 0 aliphatic rings. The van der Waals surface area contributed by atoms with E-state index in [1.54, 1.807) is 14.2 Å². The maximum atomic E-state index is 5.54. The van der Waals surface area contributed by atoms with E-state index >= 15 is 0 Å². The maximum Gasteiger partial charge on any atom is 0.191 e. The molecule has 0 unspecified atom stereocenters. The van der Waals surface area contributed by atoms with E-state index in [0.717, 1.165) is 29.6 Å². The molecule has 0 heterocycles. The Morgan fingerprint density at radius 3 is 2.46 bits per heavy atom. The minimum absolute atomic E-state index is 0.251. The molecule has 0 amide bonds. The van der Waals surface area contributed by atoms with Gasteiger partial charge in [0.1, 0.15) is 0 Å². The molecule has 1 aromatic carbocycles. The van der Waals surface area contributed by atoms with E-state index < -0.39 is 0 Å². The lowest BCUT2D eigenvalue weighted by Gasteiger charge is -2.24. The second kappa shape index (κ2) is 10.0. The Balaban J connectivity index is 2.78. The fraction of sp³-hybridized carbons (Fsp3) is 0.611. The third kappa shape index (κ3) is 6.66. The van der Waals surface area contributed by atoms with Crippen LogP contribution in [0.15, 0.2) is 23.2 Å². The van der Waals surface area contributed by atoms with E-state index in [4.69, 9.17) is 14.2 Å². The summed E-state index contributed by atoms with van der Waals surface area (Å²) in [6, 6.07) is 5.87. The summed E-state index contributed by atoms with van der Waals surface area (Å²) in [6.45, 7) is 10.7. The molecule has 24 heavy (non-hydrogen) atoms. The quantitative estimate of drug-likeness (QED) is 0.536. The summed E-state index contributed by atoms with van der Waals surface area (Å²) in [6.07, 6.45) is 0. The standard InChI is InChI=1S/C18H31N3O3/c1-7-19-17(21-13-18(3,4)23-6)20-12-14-9-10-15(24-8-2)16(11-14)22-5/h9-11H,7-8,12-13H2,1-6H3,(H2,19,20,21). The number of nitrogens with zero attached hydrogens (tertiary/aromatic N) is 1. The number of hydrogen-bond acceptors (Lipinski definition) is 4. The highest BCUT2D eigenvalue weighted by atomic mass is 16.5. The summed E-state index contributed by atoms with van der Waals surface area (Å²) in [5.74, 6) is 2.23. The van der Waals surface area contributed by atoms with Crippen LogP contribution in [-0.4, -0.2) is 45.5 Å². The van der Waals surface area contributed by atoms with Gasteiger partial charge in [-0.3, -0.25) is 0 Å². The Kier molecular flexibility index (Phi) is 8.40. The number of ether oxygens (including phenoxy) is 3. The van der Waals surface area contributed by atoms with Gasteiger partial charge in [-0.15, -0.1) is 0 Å². The third-order valence-corrected chi connectivity index (χ3v) is 3.53. The Hall–Kier alpha value is -1.95. The van der Waals surface area contributed by atoms with Gasteiger partial charge < -0.3 is 24.8 Å². The first kappa shape index (κ1) is 20.1. The normalized spacial score (nSPS) is 12.0. The van der Waals surface area contributed by atoms with Crippen LogP contribution in [0.4, 0.5) is 0 Å². The predicted octanol–water partition coefficient (Wildman–Crippen LogP) is 2.57. The van der Waals surface area contributed by atoms with Gasteiger partial charge in [0.15, 0.2) is 17.5 Å². The molecule has 0 saturated heterocycles. The van der Waals surface area contributed by atoms with Crippen molar-refractivity contribution >= 4 is 5.96 Å². The second-order valence-electron chi connectivity index (χ2n) is 5.93. The van der Waals surface area contributed by atoms with Gasteiger partial charge in [-0.25, -0.2) is 4.99 Å². The minimum atomic E-state index is -0.251. The van der Waals surface area contributed by atoms with E-state index in [0.29, 0.717) is 19.7 Å². The van der Waals surface area contributed by atoms with Crippen LogP contribution in [0.2, 0.25) is 0 Å². The molecule has 136 valence electrons. The molecule has 0 radical (unpaired) electrons. The predicted molar refractivity (Wildman–Crippen MR) is 98.1 cm³/mol. The Morgan fingerprint density at radius 1 is 1.12 bits per heavy atom. The van der Waals surface area contributed by atoms with E-state index in [-0.39, 0.29) is 5.60 Å². The molecule has 1 rings (SSSR count). The lowest BCUT2D eigenvalue weighted by atomic mass is 10.1. The zero-order valence-corrected chi connectivity index (χ0v) is 15.7. The minimum Gasteiger partial charge on any atom is -0.493 e. The summed E-state index contributed by atoms with van der Waals surface area (Å²) in [4.78, 5) is 4.61. The van der Waals surface area contributed by atoms with Crippen LogP contribution in [-0.2, 0) is 11.3 Å². The van der Waals surface area contributed by atoms with Crippen LogP contribution in [0.25, 0.3) is 0 Å². The van der Waals surface area contributed by atoms with Crippen LogP contribution in [0.3, 0.4) is 0 Å². The average molecular weight is 337 g/mol. The van der Waals surface area contributed by atoms with Crippen molar-refractivity contribution in [1.29, 1.82) is 0 Å². The van der Waals surface area contributed by atoms with E-state index in [1.807, 2.05) is 45.9 Å². The highest BCUT2D eigenvalue weighted by Crippen LogP contribution is 2.28. The SMILES string of the molecule is CCNC(=NCc1ccc(OCC)c(OC)c1)NCC(C)(C)OC. The molecular formula is C18H31N3O3. The van der Waals surface area contributed by atoms with Crippen molar-refractivity contribution < 1.29 is 14.2 Å². The molecule has 0 aliphatic carbocycles. The van der Waals surface area contributed by atoms with Crippen molar-refractivity contribution in [1.82, 2.24) is 10.6 Å². The Morgan fingerprint density at radius 2 is 1.88 bits per heavy atom. The molecule has 6 heteroatoms. The molecule has 0 atom stereocenters. The van der Waals surface area contributed by atoms with Gasteiger partial charge >= 0.3 is 0 Å². The van der Waals surface area contributed by atoms with Crippen LogP contribution in [0.5, 0.6) is 11.5 Å². The molecule has 0 aliphatic heterocycles. The summed E-state index contributed by atoms with van der Waals surface area (Å²) in [7, 11) is 3.35. The van der Waals surface area contributed by atoms with Crippen molar-refractivity contribution in [3.63, 3.8) is 0 Å². The van der Waals surface area contributed by atoms with Crippen molar-refractivity contribution in [2.45, 2.75) is 39.8 Å². The number of aliphatic imine (C=N–C) groups is 1. The fourth-order valence-electron chi connectivity index (χ4n) is 1.97. The first-order valence-corrected chi connectivity index (χ1v) is 8.32. The lowest BCUT2D eigenvalue weighted by Crippen LogP contribution is -2.45. The second-order valence-corrected chi connectivity index (χ2v) is 5.93. The number of nitrogens with one attached hydrogen (secondary N) is 2. The topological polar surface area (TPSA) is 64.1 Å². The first-order valence-electron chi connectivity index (χ1n) is 8.32. The summed E-state index contributed by atoms with van der Waals surface area (Å²) >= 11 is 0. The summed E-state index contributed by atoms with van der Waals surface area (Å²) < 4.78 is 16.3. The Bertz CT molecular complexity index is 530. The molecule has 0 bridgehead atoms. The van der Waals surface area contributed by atoms with Crippen molar-refractivity contribution in [3.05, 3.63) is 23.8 Å². The largest absolute Gasteiger partial charge is 0.493 e. The zero-order chi connectivity index (χ0) is 18.0. The van der Waals surface area contributed by atoms with Gasteiger partial charge in [-0.2, -0.15) is 0 Å². The number of hydrogen-bond donors (Lipinski definition) is 2. The summed E-state index contributed by atoms with van der Waals surface area (Å²) in [5, 5.41) is 6.54. The molecule has 1 aromatic rings. The van der Waals surface area contributed by atoms with E-state index in [9.17, 15) is 0 Å². The molecule has 0 saturated carbocycles. The number of guanidine groups is 1. The van der Waals surface area contributed by atoms with Gasteiger partial charge in [0, 0.05) is 20.2 Å². The van der Waals surface area contributed by atoms with E-state index in [2.05, 4.69) is 15.6 Å². The highest BCUT2D eigenvalue weighted by Gasteiger charge is 2.16. The molecule has 0 spiro atoms. The van der Waals surface area contributed by atoms with Gasteiger partial charge in [0.2, 0.25) is 0 Å². The van der Waals surface area contributed by atoms with Gasteiger partial charge in [-0.1, -0.05) is 6.07 Å². The molecule has 2 N–H and O–H groups in total. The Labute approximate surface area is 145 Å². The first-order chi connectivity index (χ1) is 11.5. The van der Waals surface area contributed by atoms with Crippen molar-refractivity contribution in [2.24, 2.45) is 4.99 Å². The molecule has 0 fully saturated rings. The van der Waals surface area contributed by atoms with E-state index in [1.165, 1.54) is 0 Å².